The van der Waals surface area contributed by atoms with Crippen molar-refractivity contribution in [3.05, 3.63) is 59.9 Å². The molecule has 0 aliphatic carbocycles. The second kappa shape index (κ2) is 6.85. The summed E-state index contributed by atoms with van der Waals surface area (Å²) < 4.78 is 5.59. The van der Waals surface area contributed by atoms with Crippen molar-refractivity contribution in [1.29, 1.82) is 0 Å². The lowest BCUT2D eigenvalue weighted by molar-refractivity contribution is 0.0982. The van der Waals surface area contributed by atoms with E-state index in [1.165, 1.54) is 0 Å². The van der Waals surface area contributed by atoms with Gasteiger partial charge in [-0.15, -0.1) is 0 Å². The van der Waals surface area contributed by atoms with E-state index in [0.717, 1.165) is 17.7 Å². The highest BCUT2D eigenvalue weighted by atomic mass is 16.5. The van der Waals surface area contributed by atoms with Gasteiger partial charge in [-0.05, 0) is 50.1 Å². The number of hydrogen-bond acceptors (Lipinski definition) is 3. The zero-order valence-electron chi connectivity index (χ0n) is 11.9. The molecule has 3 nitrogen and oxygen atoms in total. The van der Waals surface area contributed by atoms with E-state index in [1.54, 1.807) is 24.5 Å². The number of carbonyl (C=O) groups is 1. The number of nitrogens with zero attached hydrogens (tertiary/aromatic N) is 1. The number of benzene rings is 1. The largest absolute Gasteiger partial charge is 0.491 e. The van der Waals surface area contributed by atoms with Crippen LogP contribution >= 0.6 is 0 Å². The van der Waals surface area contributed by atoms with E-state index < -0.39 is 0 Å². The summed E-state index contributed by atoms with van der Waals surface area (Å²) in [6.07, 6.45) is 4.69. The fraction of sp³-hybridized carbons (Fsp3) is 0.294. The van der Waals surface area contributed by atoms with Crippen molar-refractivity contribution in [2.75, 3.05) is 0 Å². The predicted octanol–water partition coefficient (Wildman–Crippen LogP) is 3.68. The quantitative estimate of drug-likeness (QED) is 0.751. The second-order valence-corrected chi connectivity index (χ2v) is 4.98. The van der Waals surface area contributed by atoms with Crippen molar-refractivity contribution < 1.29 is 9.53 Å². The molecule has 1 aromatic heterocycles. The highest BCUT2D eigenvalue weighted by Gasteiger charge is 2.06. The predicted molar refractivity (Wildman–Crippen MR) is 79.1 cm³/mol. The van der Waals surface area contributed by atoms with E-state index in [-0.39, 0.29) is 11.9 Å². The lowest BCUT2D eigenvalue weighted by Gasteiger charge is -2.10. The number of rotatable bonds is 6. The van der Waals surface area contributed by atoms with Gasteiger partial charge >= 0.3 is 0 Å². The maximum atomic E-state index is 12.0. The monoisotopic (exact) mass is 269 g/mol. The van der Waals surface area contributed by atoms with E-state index in [9.17, 15) is 4.79 Å². The average molecular weight is 269 g/mol. The van der Waals surface area contributed by atoms with Crippen LogP contribution in [0.5, 0.6) is 5.75 Å². The van der Waals surface area contributed by atoms with Crippen LogP contribution < -0.4 is 4.74 Å². The highest BCUT2D eigenvalue weighted by molar-refractivity contribution is 5.95. The molecule has 0 spiro atoms. The molecule has 0 atom stereocenters. The van der Waals surface area contributed by atoms with Gasteiger partial charge in [0.15, 0.2) is 5.78 Å². The lowest BCUT2D eigenvalue weighted by atomic mass is 10.0. The fourth-order valence-corrected chi connectivity index (χ4v) is 1.94. The number of Topliss-reactive ketones (excluding diaryl/α,β-unsaturated/α-hetero) is 1. The number of ether oxygens (including phenoxy) is 1. The lowest BCUT2D eigenvalue weighted by Crippen LogP contribution is -2.05. The van der Waals surface area contributed by atoms with Crippen molar-refractivity contribution in [3.8, 4) is 5.75 Å². The van der Waals surface area contributed by atoms with Gasteiger partial charge in [0.05, 0.1) is 6.10 Å². The molecule has 104 valence electrons. The Labute approximate surface area is 119 Å². The van der Waals surface area contributed by atoms with Crippen LogP contribution in [-0.4, -0.2) is 16.9 Å². The number of carbonyl (C=O) groups excluding carboxylic acids is 1. The van der Waals surface area contributed by atoms with Gasteiger partial charge in [0.2, 0.25) is 0 Å². The minimum atomic E-state index is 0.126. The van der Waals surface area contributed by atoms with Crippen molar-refractivity contribution in [2.24, 2.45) is 0 Å². The summed E-state index contributed by atoms with van der Waals surface area (Å²) in [6, 6.07) is 11.5. The van der Waals surface area contributed by atoms with Crippen molar-refractivity contribution in [1.82, 2.24) is 4.98 Å². The van der Waals surface area contributed by atoms with Gasteiger partial charge in [0.1, 0.15) is 5.75 Å². The third kappa shape index (κ3) is 4.19. The third-order valence-electron chi connectivity index (χ3n) is 2.92. The minimum absolute atomic E-state index is 0.126. The maximum absolute atomic E-state index is 12.0. The molecule has 1 aromatic carbocycles. The topological polar surface area (TPSA) is 39.2 Å². The number of ketones is 1. The Morgan fingerprint density at radius 2 is 1.95 bits per heavy atom. The minimum Gasteiger partial charge on any atom is -0.491 e. The number of pyridine rings is 1. The van der Waals surface area contributed by atoms with Gasteiger partial charge in [-0.2, -0.15) is 0 Å². The SMILES string of the molecule is CC(C)Oc1ccc(CCC(=O)c2cccnc2)cc1. The highest BCUT2D eigenvalue weighted by Crippen LogP contribution is 2.15. The van der Waals surface area contributed by atoms with E-state index >= 15 is 0 Å². The molecule has 0 radical (unpaired) electrons. The Balaban J connectivity index is 1.89. The molecular weight excluding hydrogens is 250 g/mol. The number of aryl methyl sites for hydroxylation is 1. The summed E-state index contributed by atoms with van der Waals surface area (Å²) in [7, 11) is 0. The zero-order chi connectivity index (χ0) is 14.4. The molecule has 2 aromatic rings. The van der Waals surface area contributed by atoms with Crippen molar-refractivity contribution in [2.45, 2.75) is 32.8 Å². The van der Waals surface area contributed by atoms with Crippen LogP contribution in [0, 0.1) is 0 Å². The van der Waals surface area contributed by atoms with Crippen LogP contribution in [0.25, 0.3) is 0 Å². The van der Waals surface area contributed by atoms with Gasteiger partial charge in [-0.25, -0.2) is 0 Å². The summed E-state index contributed by atoms with van der Waals surface area (Å²) in [6.45, 7) is 4.00. The van der Waals surface area contributed by atoms with Crippen molar-refractivity contribution in [3.63, 3.8) is 0 Å². The Morgan fingerprint density at radius 1 is 1.20 bits per heavy atom. The summed E-state index contributed by atoms with van der Waals surface area (Å²) in [4.78, 5) is 15.9. The van der Waals surface area contributed by atoms with Crippen LogP contribution in [-0.2, 0) is 6.42 Å². The molecular formula is C17H19NO2. The molecule has 0 unspecified atom stereocenters. The molecule has 0 N–H and O–H groups in total. The first kappa shape index (κ1) is 14.3. The summed E-state index contributed by atoms with van der Waals surface area (Å²) in [5.41, 5.74) is 1.81. The first-order valence-electron chi connectivity index (χ1n) is 6.84. The molecule has 0 saturated carbocycles. The number of aromatic nitrogens is 1. The molecule has 0 bridgehead atoms. The van der Waals surface area contributed by atoms with Gasteiger partial charge in [0.25, 0.3) is 0 Å². The van der Waals surface area contributed by atoms with Crippen LogP contribution in [0.2, 0.25) is 0 Å². The Morgan fingerprint density at radius 3 is 2.55 bits per heavy atom. The first-order chi connectivity index (χ1) is 9.65. The molecule has 3 heteroatoms. The van der Waals surface area contributed by atoms with Crippen LogP contribution in [0.3, 0.4) is 0 Å². The molecule has 20 heavy (non-hydrogen) atoms. The molecule has 0 aliphatic rings. The van der Waals surface area contributed by atoms with E-state index in [0.29, 0.717) is 12.0 Å². The second-order valence-electron chi connectivity index (χ2n) is 4.98. The Bertz CT molecular complexity index is 547. The van der Waals surface area contributed by atoms with E-state index in [1.807, 2.05) is 38.1 Å². The molecule has 0 saturated heterocycles. The van der Waals surface area contributed by atoms with Crippen molar-refractivity contribution >= 4 is 5.78 Å². The summed E-state index contributed by atoms with van der Waals surface area (Å²) >= 11 is 0. The van der Waals surface area contributed by atoms with Gasteiger partial charge in [-0.3, -0.25) is 9.78 Å². The molecule has 0 aliphatic heterocycles. The molecule has 1 heterocycles. The molecule has 0 amide bonds. The third-order valence-corrected chi connectivity index (χ3v) is 2.92. The van der Waals surface area contributed by atoms with E-state index in [4.69, 9.17) is 4.74 Å². The summed E-state index contributed by atoms with van der Waals surface area (Å²) in [5, 5.41) is 0. The Kier molecular flexibility index (Phi) is 4.88. The van der Waals surface area contributed by atoms with Crippen LogP contribution in [0.4, 0.5) is 0 Å². The smallest absolute Gasteiger partial charge is 0.164 e. The molecule has 2 rings (SSSR count). The zero-order valence-corrected chi connectivity index (χ0v) is 11.9. The van der Waals surface area contributed by atoms with Gasteiger partial charge in [0, 0.05) is 24.4 Å². The average Bonchev–Trinajstić information content (AvgIpc) is 2.46. The molecule has 0 fully saturated rings. The number of hydrogen-bond donors (Lipinski definition) is 0. The first-order valence-corrected chi connectivity index (χ1v) is 6.84. The fourth-order valence-electron chi connectivity index (χ4n) is 1.94. The normalized spacial score (nSPS) is 10.6. The Hall–Kier alpha value is -2.16. The van der Waals surface area contributed by atoms with Crippen LogP contribution in [0.1, 0.15) is 36.2 Å². The standard InChI is InChI=1S/C17H19NO2/c1-13(2)20-16-8-5-14(6-9-16)7-10-17(19)15-4-3-11-18-12-15/h3-6,8-9,11-13H,7,10H2,1-2H3. The van der Waals surface area contributed by atoms with Gasteiger partial charge < -0.3 is 4.74 Å². The van der Waals surface area contributed by atoms with E-state index in [2.05, 4.69) is 4.98 Å². The van der Waals surface area contributed by atoms with Crippen LogP contribution in [0.15, 0.2) is 48.8 Å². The van der Waals surface area contributed by atoms with Gasteiger partial charge in [-0.1, -0.05) is 12.1 Å². The maximum Gasteiger partial charge on any atom is 0.164 e. The summed E-state index contributed by atoms with van der Waals surface area (Å²) in [5.74, 6) is 0.989.